The molecule has 0 unspecified atom stereocenters. The molecule has 1 aliphatic heterocycles. The molecule has 1 saturated heterocycles. The summed E-state index contributed by atoms with van der Waals surface area (Å²) < 4.78 is 0. The standard InChI is InChI=1S/C31H44N6O7/c1-6-17(4)26-31(44)36-23(13-16(2)3)29(42)35-24(14-19-15-32-21-10-8-7-9-20(19)21)30(43)34-22(11-12-25(38)39)28(41)33-18(5)27(40)37-26/h7-10,15-18,22-24,26,32H,6,11-14H2,1-5H3,(H,33,41)(H,34,43)(H,35,42)(H,36,44)(H,37,40)(H,38,39)/t17-,18+,22-,23+,24-,26-/m0/s1. The zero-order chi connectivity index (χ0) is 32.6. The van der Waals surface area contributed by atoms with Gasteiger partial charge in [0.05, 0.1) is 0 Å². The van der Waals surface area contributed by atoms with Crippen LogP contribution in [0.15, 0.2) is 30.5 Å². The van der Waals surface area contributed by atoms with E-state index in [0.29, 0.717) is 6.42 Å². The Morgan fingerprint density at radius 1 is 0.818 bits per heavy atom. The number of aliphatic carboxylic acids is 1. The van der Waals surface area contributed by atoms with E-state index in [2.05, 4.69) is 31.6 Å². The van der Waals surface area contributed by atoms with E-state index in [-0.39, 0.29) is 31.1 Å². The predicted octanol–water partition coefficient (Wildman–Crippen LogP) is 1.12. The van der Waals surface area contributed by atoms with E-state index in [0.717, 1.165) is 16.5 Å². The maximum absolute atomic E-state index is 13.7. The minimum atomic E-state index is -1.31. The molecule has 3 rings (SSSR count). The van der Waals surface area contributed by atoms with Gasteiger partial charge in [-0.3, -0.25) is 28.8 Å². The fourth-order valence-corrected chi connectivity index (χ4v) is 5.14. The molecule has 240 valence electrons. The first-order chi connectivity index (χ1) is 20.8. The van der Waals surface area contributed by atoms with E-state index < -0.39 is 72.1 Å². The number of benzene rings is 1. The molecule has 1 aromatic carbocycles. The van der Waals surface area contributed by atoms with Gasteiger partial charge < -0.3 is 36.7 Å². The SMILES string of the molecule is CC[C@H](C)[C@@H]1NC(=O)[C@@H](C)NC(=O)[C@H](CCC(=O)O)NC(=O)[C@H](Cc2c[nH]c3ccccc23)NC(=O)[C@@H](CC(C)C)NC1=O. The summed E-state index contributed by atoms with van der Waals surface area (Å²) in [5.41, 5.74) is 1.56. The highest BCUT2D eigenvalue weighted by molar-refractivity contribution is 5.98. The molecule has 1 fully saturated rings. The number of carboxylic acids is 1. The molecule has 5 amide bonds. The Hall–Kier alpha value is -4.42. The minimum absolute atomic E-state index is 0.00656. The second-order valence-electron chi connectivity index (χ2n) is 11.9. The van der Waals surface area contributed by atoms with E-state index in [1.165, 1.54) is 6.92 Å². The highest BCUT2D eigenvalue weighted by atomic mass is 16.4. The lowest BCUT2D eigenvalue weighted by molar-refractivity contribution is -0.138. The fraction of sp³-hybridized carbons (Fsp3) is 0.548. The monoisotopic (exact) mass is 612 g/mol. The molecule has 1 aromatic heterocycles. The topological polar surface area (TPSA) is 199 Å². The number of hydrogen-bond donors (Lipinski definition) is 7. The van der Waals surface area contributed by atoms with Gasteiger partial charge in [-0.25, -0.2) is 0 Å². The van der Waals surface area contributed by atoms with Gasteiger partial charge in [0, 0.05) is 29.9 Å². The summed E-state index contributed by atoms with van der Waals surface area (Å²) in [6.45, 7) is 8.87. The van der Waals surface area contributed by atoms with Gasteiger partial charge in [-0.05, 0) is 43.2 Å². The van der Waals surface area contributed by atoms with Crippen LogP contribution in [0, 0.1) is 11.8 Å². The second-order valence-corrected chi connectivity index (χ2v) is 11.9. The van der Waals surface area contributed by atoms with Crippen molar-refractivity contribution in [1.29, 1.82) is 0 Å². The van der Waals surface area contributed by atoms with Crippen LogP contribution in [0.25, 0.3) is 10.9 Å². The van der Waals surface area contributed by atoms with Gasteiger partial charge in [-0.2, -0.15) is 0 Å². The number of hydrogen-bond acceptors (Lipinski definition) is 6. The maximum atomic E-state index is 13.7. The number of nitrogens with one attached hydrogen (secondary N) is 6. The van der Waals surface area contributed by atoms with E-state index in [1.807, 2.05) is 45.0 Å². The van der Waals surface area contributed by atoms with E-state index >= 15 is 0 Å². The van der Waals surface area contributed by atoms with Crippen LogP contribution in [-0.4, -0.2) is 75.8 Å². The Balaban J connectivity index is 2.06. The molecule has 2 heterocycles. The summed E-state index contributed by atoms with van der Waals surface area (Å²) in [5.74, 6) is -4.76. The normalized spacial score (nSPS) is 24.8. The number of aromatic amines is 1. The molecule has 1 aliphatic rings. The first-order valence-corrected chi connectivity index (χ1v) is 15.1. The molecule has 44 heavy (non-hydrogen) atoms. The van der Waals surface area contributed by atoms with Crippen molar-refractivity contribution >= 4 is 46.4 Å². The van der Waals surface area contributed by atoms with Crippen LogP contribution in [0.2, 0.25) is 0 Å². The zero-order valence-corrected chi connectivity index (χ0v) is 25.9. The highest BCUT2D eigenvalue weighted by Gasteiger charge is 2.35. The average Bonchev–Trinajstić information content (AvgIpc) is 3.38. The van der Waals surface area contributed by atoms with Crippen molar-refractivity contribution in [3.63, 3.8) is 0 Å². The average molecular weight is 613 g/mol. The molecular formula is C31H44N6O7. The third-order valence-corrected chi connectivity index (χ3v) is 7.90. The predicted molar refractivity (Wildman–Crippen MR) is 163 cm³/mol. The number of rotatable bonds is 9. The molecule has 0 radical (unpaired) electrons. The van der Waals surface area contributed by atoms with Gasteiger partial charge >= 0.3 is 5.97 Å². The van der Waals surface area contributed by atoms with Gasteiger partial charge in [0.15, 0.2) is 0 Å². The summed E-state index contributed by atoms with van der Waals surface area (Å²) in [5, 5.41) is 23.5. The Labute approximate surface area is 256 Å². The third-order valence-electron chi connectivity index (χ3n) is 7.90. The molecule has 7 N–H and O–H groups in total. The van der Waals surface area contributed by atoms with Crippen LogP contribution in [0.1, 0.15) is 65.9 Å². The van der Waals surface area contributed by atoms with E-state index in [9.17, 15) is 33.9 Å². The first kappa shape index (κ1) is 34.1. The van der Waals surface area contributed by atoms with Crippen molar-refractivity contribution in [1.82, 2.24) is 31.6 Å². The summed E-state index contributed by atoms with van der Waals surface area (Å²) in [6, 6.07) is 1.85. The Bertz CT molecular complexity index is 1370. The van der Waals surface area contributed by atoms with Crippen LogP contribution in [0.4, 0.5) is 0 Å². The number of carbonyl (C=O) groups excluding carboxylic acids is 5. The molecular weight excluding hydrogens is 568 g/mol. The van der Waals surface area contributed by atoms with Crippen LogP contribution in [-0.2, 0) is 35.2 Å². The smallest absolute Gasteiger partial charge is 0.303 e. The van der Waals surface area contributed by atoms with Crippen molar-refractivity contribution in [3.8, 4) is 0 Å². The number of carboxylic acid groups (broad SMARTS) is 1. The number of aromatic nitrogens is 1. The van der Waals surface area contributed by atoms with Crippen molar-refractivity contribution in [3.05, 3.63) is 36.0 Å². The molecule has 6 atom stereocenters. The van der Waals surface area contributed by atoms with Gasteiger partial charge in [0.1, 0.15) is 30.2 Å². The number of carbonyl (C=O) groups is 6. The van der Waals surface area contributed by atoms with Gasteiger partial charge in [-0.15, -0.1) is 0 Å². The molecule has 0 saturated carbocycles. The lowest BCUT2D eigenvalue weighted by Gasteiger charge is -2.28. The van der Waals surface area contributed by atoms with Crippen LogP contribution < -0.4 is 26.6 Å². The molecule has 0 aliphatic carbocycles. The largest absolute Gasteiger partial charge is 0.481 e. The van der Waals surface area contributed by atoms with E-state index in [4.69, 9.17) is 0 Å². The minimum Gasteiger partial charge on any atom is -0.481 e. The quantitative estimate of drug-likeness (QED) is 0.220. The lowest BCUT2D eigenvalue weighted by atomic mass is 9.96. The van der Waals surface area contributed by atoms with Gasteiger partial charge in [-0.1, -0.05) is 52.3 Å². The summed E-state index contributed by atoms with van der Waals surface area (Å²) in [6.07, 6.45) is 1.91. The number of H-pyrrole nitrogens is 1. The third kappa shape index (κ3) is 9.04. The van der Waals surface area contributed by atoms with Crippen LogP contribution in [0.5, 0.6) is 0 Å². The summed E-state index contributed by atoms with van der Waals surface area (Å²) >= 11 is 0. The van der Waals surface area contributed by atoms with Gasteiger partial charge in [0.2, 0.25) is 29.5 Å². The summed E-state index contributed by atoms with van der Waals surface area (Å²) in [4.78, 5) is 81.9. The lowest BCUT2D eigenvalue weighted by Crippen LogP contribution is -2.59. The zero-order valence-electron chi connectivity index (χ0n) is 25.9. The Morgan fingerprint density at radius 2 is 1.43 bits per heavy atom. The first-order valence-electron chi connectivity index (χ1n) is 15.1. The van der Waals surface area contributed by atoms with Crippen molar-refractivity contribution in [2.45, 2.75) is 96.9 Å². The van der Waals surface area contributed by atoms with E-state index in [1.54, 1.807) is 13.1 Å². The molecule has 0 bridgehead atoms. The number of fused-ring (bicyclic) bond motifs is 1. The Morgan fingerprint density at radius 3 is 2.09 bits per heavy atom. The highest BCUT2D eigenvalue weighted by Crippen LogP contribution is 2.20. The van der Waals surface area contributed by atoms with Crippen molar-refractivity contribution < 1.29 is 33.9 Å². The maximum Gasteiger partial charge on any atom is 0.303 e. The molecule has 2 aromatic rings. The molecule has 13 heteroatoms. The van der Waals surface area contributed by atoms with Crippen molar-refractivity contribution in [2.24, 2.45) is 11.8 Å². The second kappa shape index (κ2) is 15.3. The number of amides is 5. The molecule has 0 spiro atoms. The summed E-state index contributed by atoms with van der Waals surface area (Å²) in [7, 11) is 0. The number of para-hydroxylation sites is 1. The molecule has 13 nitrogen and oxygen atoms in total. The fourth-order valence-electron chi connectivity index (χ4n) is 5.14. The van der Waals surface area contributed by atoms with Crippen LogP contribution >= 0.6 is 0 Å². The van der Waals surface area contributed by atoms with Gasteiger partial charge in [0.25, 0.3) is 0 Å². The van der Waals surface area contributed by atoms with Crippen molar-refractivity contribution in [2.75, 3.05) is 0 Å². The Kier molecular flexibility index (Phi) is 11.9. The van der Waals surface area contributed by atoms with Crippen LogP contribution in [0.3, 0.4) is 0 Å².